The summed E-state index contributed by atoms with van der Waals surface area (Å²) in [6.07, 6.45) is 0.559. The maximum Gasteiger partial charge on any atom is 0.152 e. The predicted octanol–water partition coefficient (Wildman–Crippen LogP) is -0.264. The van der Waals surface area contributed by atoms with E-state index in [1.165, 1.54) is 0 Å². The summed E-state index contributed by atoms with van der Waals surface area (Å²) in [4.78, 5) is 2.09. The van der Waals surface area contributed by atoms with E-state index in [1.54, 1.807) is 6.92 Å². The molecule has 0 aromatic heterocycles. The second-order valence-electron chi connectivity index (χ2n) is 4.77. The Balaban J connectivity index is 2.52. The van der Waals surface area contributed by atoms with Crippen LogP contribution in [0.15, 0.2) is 0 Å². The fourth-order valence-corrected chi connectivity index (χ4v) is 3.19. The third-order valence-electron chi connectivity index (χ3n) is 2.98. The summed E-state index contributed by atoms with van der Waals surface area (Å²) in [5, 5.41) is 8.83. The summed E-state index contributed by atoms with van der Waals surface area (Å²) in [7, 11) is -2.84. The molecule has 2 atom stereocenters. The lowest BCUT2D eigenvalue weighted by atomic mass is 9.96. The molecule has 0 aromatic rings. The molecule has 5 nitrogen and oxygen atoms in total. The number of hydrogen-bond donors (Lipinski definition) is 1. The van der Waals surface area contributed by atoms with Gasteiger partial charge in [0.25, 0.3) is 0 Å². The summed E-state index contributed by atoms with van der Waals surface area (Å²) in [5.41, 5.74) is 4.93. The third-order valence-corrected chi connectivity index (χ3v) is 4.59. The van der Waals surface area contributed by atoms with E-state index in [4.69, 9.17) is 11.0 Å². The van der Waals surface area contributed by atoms with Crippen molar-refractivity contribution in [3.63, 3.8) is 0 Å². The van der Waals surface area contributed by atoms with Gasteiger partial charge in [0.15, 0.2) is 9.84 Å². The molecule has 92 valence electrons. The van der Waals surface area contributed by atoms with Crippen LogP contribution >= 0.6 is 0 Å². The van der Waals surface area contributed by atoms with Gasteiger partial charge in [-0.2, -0.15) is 5.26 Å². The fraction of sp³-hybridized carbons (Fsp3) is 0.900. The fourth-order valence-electron chi connectivity index (χ4n) is 1.96. The van der Waals surface area contributed by atoms with Gasteiger partial charge in [-0.3, -0.25) is 4.90 Å². The van der Waals surface area contributed by atoms with Gasteiger partial charge in [-0.05, 0) is 20.3 Å². The average molecular weight is 245 g/mol. The lowest BCUT2D eigenvalue weighted by Crippen LogP contribution is -2.49. The summed E-state index contributed by atoms with van der Waals surface area (Å²) >= 11 is 0. The number of nitrogens with zero attached hydrogens (tertiary/aromatic N) is 2. The Morgan fingerprint density at radius 1 is 1.50 bits per heavy atom. The standard InChI is InChI=1S/C10H19N3O2S/c1-9(7-10(2,12)8-11)13-3-5-16(14,15)6-4-13/h9H,3-7,12H2,1-2H3. The van der Waals surface area contributed by atoms with Crippen molar-refractivity contribution < 1.29 is 8.42 Å². The number of sulfone groups is 1. The topological polar surface area (TPSA) is 87.2 Å². The summed E-state index contributed by atoms with van der Waals surface area (Å²) in [6, 6.07) is 2.20. The van der Waals surface area contributed by atoms with Gasteiger partial charge in [-0.15, -0.1) is 0 Å². The van der Waals surface area contributed by atoms with Crippen LogP contribution in [0.25, 0.3) is 0 Å². The van der Waals surface area contributed by atoms with Crippen LogP contribution in [0, 0.1) is 11.3 Å². The van der Waals surface area contributed by atoms with Crippen molar-refractivity contribution in [2.24, 2.45) is 5.73 Å². The number of nitriles is 1. The van der Waals surface area contributed by atoms with Gasteiger partial charge >= 0.3 is 0 Å². The molecule has 2 unspecified atom stereocenters. The number of hydrogen-bond acceptors (Lipinski definition) is 5. The third kappa shape index (κ3) is 3.74. The molecule has 1 heterocycles. The minimum Gasteiger partial charge on any atom is -0.314 e. The Morgan fingerprint density at radius 3 is 2.44 bits per heavy atom. The molecule has 1 aliphatic rings. The first-order chi connectivity index (χ1) is 7.26. The van der Waals surface area contributed by atoms with Crippen LogP contribution < -0.4 is 5.73 Å². The molecule has 1 saturated heterocycles. The molecule has 0 saturated carbocycles. The molecule has 1 aliphatic heterocycles. The van der Waals surface area contributed by atoms with Gasteiger partial charge in [0.2, 0.25) is 0 Å². The quantitative estimate of drug-likeness (QED) is 0.740. The summed E-state index contributed by atoms with van der Waals surface area (Å²) in [6.45, 7) is 4.78. The zero-order valence-corrected chi connectivity index (χ0v) is 10.6. The van der Waals surface area contributed by atoms with E-state index >= 15 is 0 Å². The predicted molar refractivity (Wildman–Crippen MR) is 62.5 cm³/mol. The second kappa shape index (κ2) is 4.70. The molecule has 0 spiro atoms. The molecular weight excluding hydrogens is 226 g/mol. The monoisotopic (exact) mass is 245 g/mol. The Hall–Kier alpha value is -0.640. The van der Waals surface area contributed by atoms with Gasteiger partial charge in [-0.1, -0.05) is 0 Å². The van der Waals surface area contributed by atoms with Gasteiger partial charge < -0.3 is 5.73 Å². The number of nitrogens with two attached hydrogens (primary N) is 1. The van der Waals surface area contributed by atoms with Crippen molar-refractivity contribution in [3.8, 4) is 6.07 Å². The normalized spacial score (nSPS) is 26.6. The van der Waals surface area contributed by atoms with E-state index in [9.17, 15) is 8.42 Å². The van der Waals surface area contributed by atoms with E-state index in [0.717, 1.165) is 0 Å². The Bertz CT molecular complexity index is 369. The molecule has 0 radical (unpaired) electrons. The first-order valence-corrected chi connectivity index (χ1v) is 7.22. The van der Waals surface area contributed by atoms with Gasteiger partial charge in [-0.25, -0.2) is 8.42 Å². The van der Waals surface area contributed by atoms with Crippen LogP contribution in [-0.4, -0.2) is 49.5 Å². The van der Waals surface area contributed by atoms with E-state index in [2.05, 4.69) is 11.0 Å². The average Bonchev–Trinajstić information content (AvgIpc) is 2.16. The molecule has 0 aliphatic carbocycles. The Labute approximate surface area is 97.1 Å². The summed E-state index contributed by atoms with van der Waals surface area (Å²) < 4.78 is 22.5. The van der Waals surface area contributed by atoms with Crippen LogP contribution in [0.2, 0.25) is 0 Å². The molecule has 0 bridgehead atoms. The smallest absolute Gasteiger partial charge is 0.152 e. The van der Waals surface area contributed by atoms with Crippen LogP contribution in [0.5, 0.6) is 0 Å². The molecular formula is C10H19N3O2S. The van der Waals surface area contributed by atoms with E-state index in [0.29, 0.717) is 19.5 Å². The minimum atomic E-state index is -2.84. The lowest BCUT2D eigenvalue weighted by molar-refractivity contribution is 0.199. The minimum absolute atomic E-state index is 0.144. The Morgan fingerprint density at radius 2 is 2.00 bits per heavy atom. The van der Waals surface area contributed by atoms with Crippen molar-refractivity contribution in [3.05, 3.63) is 0 Å². The van der Waals surface area contributed by atoms with E-state index in [1.807, 2.05) is 6.92 Å². The molecule has 2 N–H and O–H groups in total. The van der Waals surface area contributed by atoms with Gasteiger partial charge in [0.05, 0.1) is 17.6 Å². The van der Waals surface area contributed by atoms with Crippen LogP contribution in [0.1, 0.15) is 20.3 Å². The van der Waals surface area contributed by atoms with Crippen molar-refractivity contribution >= 4 is 9.84 Å². The van der Waals surface area contributed by atoms with Gasteiger partial charge in [0.1, 0.15) is 5.54 Å². The number of rotatable bonds is 3. The van der Waals surface area contributed by atoms with Crippen molar-refractivity contribution in [1.82, 2.24) is 4.90 Å². The molecule has 16 heavy (non-hydrogen) atoms. The van der Waals surface area contributed by atoms with Crippen molar-refractivity contribution in [2.75, 3.05) is 24.6 Å². The molecule has 0 aromatic carbocycles. The second-order valence-corrected chi connectivity index (χ2v) is 7.07. The maximum absolute atomic E-state index is 11.3. The Kier molecular flexibility index (Phi) is 3.94. The zero-order chi connectivity index (χ0) is 12.4. The maximum atomic E-state index is 11.3. The van der Waals surface area contributed by atoms with Gasteiger partial charge in [0, 0.05) is 19.1 Å². The highest BCUT2D eigenvalue weighted by atomic mass is 32.2. The van der Waals surface area contributed by atoms with E-state index < -0.39 is 15.4 Å². The van der Waals surface area contributed by atoms with Crippen LogP contribution in [-0.2, 0) is 9.84 Å². The zero-order valence-electron chi connectivity index (χ0n) is 9.81. The van der Waals surface area contributed by atoms with Crippen LogP contribution in [0.4, 0.5) is 0 Å². The highest BCUT2D eigenvalue weighted by molar-refractivity contribution is 7.91. The van der Waals surface area contributed by atoms with Crippen molar-refractivity contribution in [1.29, 1.82) is 5.26 Å². The highest BCUT2D eigenvalue weighted by Gasteiger charge is 2.29. The lowest BCUT2D eigenvalue weighted by Gasteiger charge is -2.34. The molecule has 1 rings (SSSR count). The molecule has 1 fully saturated rings. The SMILES string of the molecule is CC(CC(C)(N)C#N)N1CCS(=O)(=O)CC1. The van der Waals surface area contributed by atoms with E-state index in [-0.39, 0.29) is 17.5 Å². The summed E-state index contributed by atoms with van der Waals surface area (Å²) in [5.74, 6) is 0.427. The molecule has 6 heteroatoms. The highest BCUT2D eigenvalue weighted by Crippen LogP contribution is 2.15. The largest absolute Gasteiger partial charge is 0.314 e. The molecule has 0 amide bonds. The first kappa shape index (κ1) is 13.4. The first-order valence-electron chi connectivity index (χ1n) is 5.40. The van der Waals surface area contributed by atoms with Crippen LogP contribution in [0.3, 0.4) is 0 Å². The van der Waals surface area contributed by atoms with Crippen molar-refractivity contribution in [2.45, 2.75) is 31.8 Å².